The SMILES string of the molecule is C1CO1.C=COCC(CC)(COC=C)COC=C. The highest BCUT2D eigenvalue weighted by atomic mass is 16.6. The van der Waals surface area contributed by atoms with Crippen LogP contribution in [0.25, 0.3) is 0 Å². The average molecular weight is 256 g/mol. The van der Waals surface area contributed by atoms with Gasteiger partial charge in [-0.3, -0.25) is 0 Å². The normalized spacial score (nSPS) is 12.5. The van der Waals surface area contributed by atoms with Gasteiger partial charge in [0.25, 0.3) is 0 Å². The lowest BCUT2D eigenvalue weighted by molar-refractivity contribution is -0.0119. The maximum absolute atomic E-state index is 5.22. The minimum atomic E-state index is -0.184. The van der Waals surface area contributed by atoms with Crippen LogP contribution in [0.2, 0.25) is 0 Å². The highest BCUT2D eigenvalue weighted by molar-refractivity contribution is 4.80. The Labute approximate surface area is 110 Å². The van der Waals surface area contributed by atoms with Crippen molar-refractivity contribution in [3.8, 4) is 0 Å². The molecule has 0 atom stereocenters. The smallest absolute Gasteiger partial charge is 0.0994 e. The first kappa shape index (κ1) is 16.6. The summed E-state index contributed by atoms with van der Waals surface area (Å²) in [6.45, 7) is 16.1. The van der Waals surface area contributed by atoms with Crippen LogP contribution in [0.1, 0.15) is 13.3 Å². The fourth-order valence-corrected chi connectivity index (χ4v) is 1.14. The lowest BCUT2D eigenvalue weighted by Gasteiger charge is -2.30. The van der Waals surface area contributed by atoms with Gasteiger partial charge in [0, 0.05) is 0 Å². The Hall–Kier alpha value is -1.42. The van der Waals surface area contributed by atoms with Crippen LogP contribution in [0.5, 0.6) is 0 Å². The van der Waals surface area contributed by atoms with Crippen LogP contribution in [0, 0.1) is 5.41 Å². The highest BCUT2D eigenvalue weighted by Crippen LogP contribution is 2.24. The number of rotatable bonds is 10. The van der Waals surface area contributed by atoms with Crippen molar-refractivity contribution in [3.63, 3.8) is 0 Å². The van der Waals surface area contributed by atoms with Crippen molar-refractivity contribution < 1.29 is 18.9 Å². The summed E-state index contributed by atoms with van der Waals surface area (Å²) in [6, 6.07) is 0. The molecule has 0 N–H and O–H groups in total. The minimum Gasteiger partial charge on any atom is -0.501 e. The molecule has 104 valence electrons. The van der Waals surface area contributed by atoms with E-state index in [1.54, 1.807) is 0 Å². The number of hydrogen-bond acceptors (Lipinski definition) is 4. The second kappa shape index (κ2) is 10.7. The summed E-state index contributed by atoms with van der Waals surface area (Å²) in [5.41, 5.74) is -0.184. The standard InChI is InChI=1S/C12H20O3.C2H4O/c1-5-12(9-13-6-2,10-14-7-3)11-15-8-4;1-2-3-1/h6-8H,2-5,9-11H2,1H3;1-2H2. The molecule has 0 aliphatic carbocycles. The van der Waals surface area contributed by atoms with Crippen LogP contribution in [0.15, 0.2) is 38.5 Å². The molecule has 1 aliphatic rings. The Kier molecular flexibility index (Phi) is 9.87. The van der Waals surface area contributed by atoms with E-state index < -0.39 is 0 Å². The van der Waals surface area contributed by atoms with Crippen molar-refractivity contribution in [2.24, 2.45) is 5.41 Å². The van der Waals surface area contributed by atoms with Gasteiger partial charge in [-0.2, -0.15) is 0 Å². The van der Waals surface area contributed by atoms with Gasteiger partial charge in [-0.1, -0.05) is 26.7 Å². The zero-order chi connectivity index (χ0) is 13.7. The molecule has 1 aliphatic heterocycles. The first-order valence-corrected chi connectivity index (χ1v) is 6.00. The fourth-order valence-electron chi connectivity index (χ4n) is 1.14. The third-order valence-electron chi connectivity index (χ3n) is 2.48. The molecule has 1 saturated heterocycles. The Morgan fingerprint density at radius 3 is 1.44 bits per heavy atom. The lowest BCUT2D eigenvalue weighted by Crippen LogP contribution is -2.35. The highest BCUT2D eigenvalue weighted by Gasteiger charge is 2.30. The van der Waals surface area contributed by atoms with Crippen molar-refractivity contribution in [3.05, 3.63) is 38.5 Å². The van der Waals surface area contributed by atoms with Gasteiger partial charge in [0.05, 0.1) is 57.2 Å². The molecule has 0 amide bonds. The first-order chi connectivity index (χ1) is 8.74. The largest absolute Gasteiger partial charge is 0.501 e. The second-order valence-electron chi connectivity index (χ2n) is 3.90. The zero-order valence-electron chi connectivity index (χ0n) is 11.2. The predicted molar refractivity (Wildman–Crippen MR) is 72.0 cm³/mol. The molecule has 0 spiro atoms. The summed E-state index contributed by atoms with van der Waals surface area (Å²) in [6.07, 6.45) is 5.15. The van der Waals surface area contributed by atoms with Gasteiger partial charge >= 0.3 is 0 Å². The summed E-state index contributed by atoms with van der Waals surface area (Å²) < 4.78 is 20.2. The van der Waals surface area contributed by atoms with Gasteiger partial charge in [0.15, 0.2) is 0 Å². The molecule has 0 unspecified atom stereocenters. The van der Waals surface area contributed by atoms with E-state index in [1.165, 1.54) is 18.8 Å². The Morgan fingerprint density at radius 1 is 0.944 bits per heavy atom. The number of ether oxygens (including phenoxy) is 4. The maximum Gasteiger partial charge on any atom is 0.0994 e. The molecule has 0 radical (unpaired) electrons. The van der Waals surface area contributed by atoms with E-state index in [9.17, 15) is 0 Å². The van der Waals surface area contributed by atoms with E-state index in [4.69, 9.17) is 14.2 Å². The van der Waals surface area contributed by atoms with Crippen LogP contribution in [-0.4, -0.2) is 33.0 Å². The van der Waals surface area contributed by atoms with E-state index >= 15 is 0 Å². The molecule has 1 fully saturated rings. The third-order valence-corrected chi connectivity index (χ3v) is 2.48. The van der Waals surface area contributed by atoms with Crippen LogP contribution < -0.4 is 0 Å². The van der Waals surface area contributed by atoms with Crippen LogP contribution >= 0.6 is 0 Å². The summed E-state index contributed by atoms with van der Waals surface area (Å²) in [7, 11) is 0. The Morgan fingerprint density at radius 2 is 1.28 bits per heavy atom. The summed E-state index contributed by atoms with van der Waals surface area (Å²) >= 11 is 0. The average Bonchev–Trinajstić information content (AvgIpc) is 3.27. The molecule has 0 aromatic carbocycles. The molecule has 0 bridgehead atoms. The molecule has 4 nitrogen and oxygen atoms in total. The predicted octanol–water partition coefficient (Wildman–Crippen LogP) is 2.88. The monoisotopic (exact) mass is 256 g/mol. The summed E-state index contributed by atoms with van der Waals surface area (Å²) in [5.74, 6) is 0. The molecular formula is C14H24O4. The fraction of sp³-hybridized carbons (Fsp3) is 0.571. The topological polar surface area (TPSA) is 40.2 Å². The molecule has 18 heavy (non-hydrogen) atoms. The van der Waals surface area contributed by atoms with E-state index in [1.807, 2.05) is 0 Å². The third kappa shape index (κ3) is 8.70. The van der Waals surface area contributed by atoms with Crippen molar-refractivity contribution >= 4 is 0 Å². The molecular weight excluding hydrogens is 232 g/mol. The second-order valence-corrected chi connectivity index (χ2v) is 3.90. The van der Waals surface area contributed by atoms with Gasteiger partial charge in [-0.15, -0.1) is 0 Å². The van der Waals surface area contributed by atoms with E-state index in [0.717, 1.165) is 19.6 Å². The number of epoxide rings is 1. The van der Waals surface area contributed by atoms with Gasteiger partial charge < -0.3 is 18.9 Å². The van der Waals surface area contributed by atoms with Crippen molar-refractivity contribution in [2.75, 3.05) is 33.0 Å². The maximum atomic E-state index is 5.22. The Bertz CT molecular complexity index is 202. The van der Waals surface area contributed by atoms with Crippen LogP contribution in [0.4, 0.5) is 0 Å². The molecule has 0 aromatic rings. The van der Waals surface area contributed by atoms with Crippen LogP contribution in [-0.2, 0) is 18.9 Å². The zero-order valence-corrected chi connectivity index (χ0v) is 11.2. The molecule has 0 aromatic heterocycles. The van der Waals surface area contributed by atoms with Crippen LogP contribution in [0.3, 0.4) is 0 Å². The molecule has 4 heteroatoms. The minimum absolute atomic E-state index is 0.184. The van der Waals surface area contributed by atoms with E-state index in [-0.39, 0.29) is 5.41 Å². The number of hydrogen-bond donors (Lipinski definition) is 0. The molecule has 1 heterocycles. The lowest BCUT2D eigenvalue weighted by atomic mass is 9.88. The van der Waals surface area contributed by atoms with Gasteiger partial charge in [-0.05, 0) is 6.42 Å². The Balaban J connectivity index is 0.000000827. The van der Waals surface area contributed by atoms with Gasteiger partial charge in [0.2, 0.25) is 0 Å². The molecule has 1 rings (SSSR count). The summed E-state index contributed by atoms with van der Waals surface area (Å²) in [4.78, 5) is 0. The van der Waals surface area contributed by atoms with Crippen molar-refractivity contribution in [1.29, 1.82) is 0 Å². The first-order valence-electron chi connectivity index (χ1n) is 6.00. The van der Waals surface area contributed by atoms with Gasteiger partial charge in [0.1, 0.15) is 0 Å². The van der Waals surface area contributed by atoms with Crippen molar-refractivity contribution in [2.45, 2.75) is 13.3 Å². The van der Waals surface area contributed by atoms with E-state index in [2.05, 4.69) is 31.4 Å². The van der Waals surface area contributed by atoms with E-state index in [0.29, 0.717) is 19.8 Å². The van der Waals surface area contributed by atoms with Crippen molar-refractivity contribution in [1.82, 2.24) is 0 Å². The quantitative estimate of drug-likeness (QED) is 0.445. The van der Waals surface area contributed by atoms with Gasteiger partial charge in [-0.25, -0.2) is 0 Å². The molecule has 0 saturated carbocycles. The summed E-state index contributed by atoms with van der Waals surface area (Å²) in [5, 5.41) is 0.